The lowest BCUT2D eigenvalue weighted by Crippen LogP contribution is -2.33. The summed E-state index contributed by atoms with van der Waals surface area (Å²) in [6.07, 6.45) is 3.49. The Hall–Kier alpha value is -2.35. The number of carbonyl (C=O) groups excluding carboxylic acids is 3. The lowest BCUT2D eigenvalue weighted by molar-refractivity contribution is -0.121. The molecule has 3 rings (SSSR count). The van der Waals surface area contributed by atoms with Crippen LogP contribution in [0.3, 0.4) is 0 Å². The lowest BCUT2D eigenvalue weighted by Gasteiger charge is -2.27. The van der Waals surface area contributed by atoms with Crippen molar-refractivity contribution in [3.63, 3.8) is 0 Å². The van der Waals surface area contributed by atoms with Gasteiger partial charge in [0.25, 0.3) is 11.8 Å². The monoisotopic (exact) mass is 402 g/mol. The molecule has 2 N–H and O–H groups in total. The van der Waals surface area contributed by atoms with Crippen molar-refractivity contribution in [2.75, 3.05) is 18.4 Å². The molecule has 1 unspecified atom stereocenters. The summed E-state index contributed by atoms with van der Waals surface area (Å²) in [7, 11) is 0. The van der Waals surface area contributed by atoms with Crippen molar-refractivity contribution in [1.82, 2.24) is 10.2 Å². The molecule has 0 bridgehead atoms. The Kier molecular flexibility index (Phi) is 6.72. The van der Waals surface area contributed by atoms with Crippen molar-refractivity contribution < 1.29 is 14.4 Å². The molecule has 7 nitrogen and oxygen atoms in total. The van der Waals surface area contributed by atoms with Crippen LogP contribution in [0, 0.1) is 0 Å². The molecule has 0 saturated carbocycles. The van der Waals surface area contributed by atoms with E-state index in [1.54, 1.807) is 24.3 Å². The van der Waals surface area contributed by atoms with Crippen LogP contribution < -0.4 is 10.6 Å². The second-order valence-corrected chi connectivity index (χ2v) is 8.52. The Morgan fingerprint density at radius 3 is 2.71 bits per heavy atom. The average molecular weight is 403 g/mol. The minimum absolute atomic E-state index is 0.0326. The topological polar surface area (TPSA) is 90.9 Å². The van der Waals surface area contributed by atoms with Gasteiger partial charge in [0.15, 0.2) is 5.17 Å². The fourth-order valence-corrected chi connectivity index (χ4v) is 4.31. The van der Waals surface area contributed by atoms with Crippen LogP contribution in [0.1, 0.15) is 49.9 Å². The van der Waals surface area contributed by atoms with Crippen LogP contribution in [0.15, 0.2) is 29.3 Å². The number of nitrogens with one attached hydrogen (secondary N) is 2. The molecule has 2 aliphatic rings. The van der Waals surface area contributed by atoms with Gasteiger partial charge in [-0.2, -0.15) is 4.99 Å². The molecule has 1 atom stereocenters. The van der Waals surface area contributed by atoms with Crippen molar-refractivity contribution in [2.24, 2.45) is 4.99 Å². The highest BCUT2D eigenvalue weighted by Gasteiger charge is 2.33. The van der Waals surface area contributed by atoms with Gasteiger partial charge in [-0.05, 0) is 51.3 Å². The molecule has 2 aliphatic heterocycles. The fraction of sp³-hybridized carbons (Fsp3) is 0.500. The average Bonchev–Trinajstić information content (AvgIpc) is 3.02. The van der Waals surface area contributed by atoms with E-state index in [-0.39, 0.29) is 30.2 Å². The minimum Gasteiger partial charge on any atom is -0.351 e. The van der Waals surface area contributed by atoms with E-state index >= 15 is 0 Å². The summed E-state index contributed by atoms with van der Waals surface area (Å²) in [6, 6.07) is 6.81. The number of hydrogen-bond acceptors (Lipinski definition) is 5. The van der Waals surface area contributed by atoms with Crippen LogP contribution >= 0.6 is 11.8 Å². The highest BCUT2D eigenvalue weighted by atomic mass is 32.2. The summed E-state index contributed by atoms with van der Waals surface area (Å²) in [5.41, 5.74) is 1.02. The highest BCUT2D eigenvalue weighted by molar-refractivity contribution is 8.15. The summed E-state index contributed by atoms with van der Waals surface area (Å²) in [5.74, 6) is -0.694. The van der Waals surface area contributed by atoms with E-state index in [1.807, 2.05) is 13.8 Å². The number of anilines is 1. The summed E-state index contributed by atoms with van der Waals surface area (Å²) >= 11 is 1.38. The maximum atomic E-state index is 12.4. The molecular formula is C20H26N4O3S. The van der Waals surface area contributed by atoms with E-state index < -0.39 is 5.25 Å². The van der Waals surface area contributed by atoms with Crippen LogP contribution in [-0.2, 0) is 9.59 Å². The molecule has 1 aromatic rings. The van der Waals surface area contributed by atoms with Crippen molar-refractivity contribution >= 4 is 40.3 Å². The number of benzene rings is 1. The first-order valence-corrected chi connectivity index (χ1v) is 10.6. The SMILES string of the molecule is CC(C)NC(=O)c1cccc(NC(=O)CC2SC(N3CCCCC3)=NC2=O)c1. The summed E-state index contributed by atoms with van der Waals surface area (Å²) < 4.78 is 0. The number of piperidine rings is 1. The van der Waals surface area contributed by atoms with Crippen LogP contribution in [0.2, 0.25) is 0 Å². The number of rotatable bonds is 5. The predicted octanol–water partition coefficient (Wildman–Crippen LogP) is 2.64. The Bertz CT molecular complexity index is 787. The Morgan fingerprint density at radius 1 is 1.25 bits per heavy atom. The number of amides is 3. The molecule has 150 valence electrons. The third kappa shape index (κ3) is 5.34. The third-order valence-corrected chi connectivity index (χ3v) is 5.77. The van der Waals surface area contributed by atoms with Crippen LogP contribution in [-0.4, -0.2) is 52.2 Å². The fourth-order valence-electron chi connectivity index (χ4n) is 3.19. The van der Waals surface area contributed by atoms with E-state index in [2.05, 4.69) is 20.5 Å². The molecule has 0 spiro atoms. The van der Waals surface area contributed by atoms with Gasteiger partial charge in [0, 0.05) is 36.8 Å². The Labute approximate surface area is 169 Å². The number of nitrogens with zero attached hydrogens (tertiary/aromatic N) is 2. The van der Waals surface area contributed by atoms with E-state index in [9.17, 15) is 14.4 Å². The minimum atomic E-state index is -0.482. The van der Waals surface area contributed by atoms with E-state index in [4.69, 9.17) is 0 Å². The Balaban J connectivity index is 1.55. The largest absolute Gasteiger partial charge is 0.351 e. The number of aliphatic imine (C=N–C) groups is 1. The van der Waals surface area contributed by atoms with Gasteiger partial charge in [-0.1, -0.05) is 17.8 Å². The summed E-state index contributed by atoms with van der Waals surface area (Å²) in [4.78, 5) is 43.0. The van der Waals surface area contributed by atoms with Crippen LogP contribution in [0.5, 0.6) is 0 Å². The van der Waals surface area contributed by atoms with Crippen molar-refractivity contribution in [1.29, 1.82) is 0 Å². The number of carbonyl (C=O) groups is 3. The predicted molar refractivity (Wildman–Crippen MR) is 112 cm³/mol. The molecule has 1 aromatic carbocycles. The van der Waals surface area contributed by atoms with Gasteiger partial charge in [0.2, 0.25) is 5.91 Å². The first-order chi connectivity index (χ1) is 13.4. The Morgan fingerprint density at radius 2 is 2.00 bits per heavy atom. The molecule has 8 heteroatoms. The van der Waals surface area contributed by atoms with Gasteiger partial charge in [0.1, 0.15) is 5.25 Å². The zero-order valence-corrected chi connectivity index (χ0v) is 17.1. The second-order valence-electron chi connectivity index (χ2n) is 7.35. The van der Waals surface area contributed by atoms with Crippen LogP contribution in [0.25, 0.3) is 0 Å². The zero-order valence-electron chi connectivity index (χ0n) is 16.2. The molecule has 1 fully saturated rings. The first kappa shape index (κ1) is 20.4. The number of thioether (sulfide) groups is 1. The summed E-state index contributed by atoms with van der Waals surface area (Å²) in [6.45, 7) is 5.62. The molecule has 2 heterocycles. The molecule has 3 amide bonds. The zero-order chi connectivity index (χ0) is 20.1. The van der Waals surface area contributed by atoms with Crippen molar-refractivity contribution in [3.05, 3.63) is 29.8 Å². The smallest absolute Gasteiger partial charge is 0.262 e. The second kappa shape index (κ2) is 9.23. The molecular weight excluding hydrogens is 376 g/mol. The quantitative estimate of drug-likeness (QED) is 0.790. The van der Waals surface area contributed by atoms with Crippen molar-refractivity contribution in [3.8, 4) is 0 Å². The number of hydrogen-bond donors (Lipinski definition) is 2. The molecule has 0 aromatic heterocycles. The maximum Gasteiger partial charge on any atom is 0.262 e. The highest BCUT2D eigenvalue weighted by Crippen LogP contribution is 2.29. The molecule has 0 aliphatic carbocycles. The molecule has 0 radical (unpaired) electrons. The first-order valence-electron chi connectivity index (χ1n) is 9.67. The molecule has 1 saturated heterocycles. The third-order valence-electron chi connectivity index (χ3n) is 4.55. The van der Waals surface area contributed by atoms with Gasteiger partial charge in [-0.15, -0.1) is 0 Å². The van der Waals surface area contributed by atoms with Gasteiger partial charge in [0.05, 0.1) is 0 Å². The van der Waals surface area contributed by atoms with Crippen molar-refractivity contribution in [2.45, 2.75) is 50.8 Å². The van der Waals surface area contributed by atoms with E-state index in [1.165, 1.54) is 18.2 Å². The van der Waals surface area contributed by atoms with Gasteiger partial charge >= 0.3 is 0 Å². The summed E-state index contributed by atoms with van der Waals surface area (Å²) in [5, 5.41) is 5.87. The van der Waals surface area contributed by atoms with E-state index in [0.717, 1.165) is 31.1 Å². The number of likely N-dealkylation sites (tertiary alicyclic amines) is 1. The lowest BCUT2D eigenvalue weighted by atomic mass is 10.1. The van der Waals surface area contributed by atoms with Gasteiger partial charge < -0.3 is 15.5 Å². The van der Waals surface area contributed by atoms with E-state index in [0.29, 0.717) is 11.3 Å². The standard InChI is InChI=1S/C20H26N4O3S/c1-13(2)21-18(26)14-7-6-8-15(11-14)22-17(25)12-16-19(27)23-20(28-16)24-9-4-3-5-10-24/h6-8,11,13,16H,3-5,9-10,12H2,1-2H3,(H,21,26)(H,22,25). The van der Waals surface area contributed by atoms with Crippen LogP contribution in [0.4, 0.5) is 5.69 Å². The molecule has 28 heavy (non-hydrogen) atoms. The number of amidine groups is 1. The maximum absolute atomic E-state index is 12.4. The van der Waals surface area contributed by atoms with Gasteiger partial charge in [-0.25, -0.2) is 0 Å². The van der Waals surface area contributed by atoms with Gasteiger partial charge in [-0.3, -0.25) is 14.4 Å². The normalized spacial score (nSPS) is 19.5.